The number of nitrogens with zero attached hydrogens (tertiary/aromatic N) is 2. The van der Waals surface area contributed by atoms with Gasteiger partial charge in [-0.25, -0.2) is 4.79 Å². The molecule has 1 heterocycles. The minimum atomic E-state index is -0.499. The molecule has 0 spiro atoms. The summed E-state index contributed by atoms with van der Waals surface area (Å²) in [5.41, 5.74) is 1.52. The van der Waals surface area contributed by atoms with Gasteiger partial charge in [0.2, 0.25) is 0 Å². The first-order valence-electron chi connectivity index (χ1n) is 8.24. The summed E-state index contributed by atoms with van der Waals surface area (Å²) in [6, 6.07) is 4.52. The van der Waals surface area contributed by atoms with Crippen LogP contribution in [-0.2, 0) is 4.74 Å². The van der Waals surface area contributed by atoms with E-state index in [1.807, 2.05) is 46.0 Å². The maximum Gasteiger partial charge on any atom is 0.408 e. The number of carbonyl (C=O) groups is 1. The van der Waals surface area contributed by atoms with Gasteiger partial charge < -0.3 is 15.0 Å². The standard InChI is InChI=1S/C18H29N3O2/c1-12-7-8-15(19-11-12)16(13-9-14(10-13)21(5)6)20-17(22)23-18(2,3)4/h7-8,11,13-14,16H,9-10H2,1-6H3,(H,20,22). The molecule has 23 heavy (non-hydrogen) atoms. The molecule has 1 unspecified atom stereocenters. The number of pyridine rings is 1. The van der Waals surface area contributed by atoms with Crippen molar-refractivity contribution < 1.29 is 9.53 Å². The van der Waals surface area contributed by atoms with Crippen LogP contribution in [0, 0.1) is 12.8 Å². The Morgan fingerprint density at radius 1 is 1.35 bits per heavy atom. The summed E-state index contributed by atoms with van der Waals surface area (Å²) in [5.74, 6) is 0.394. The molecule has 1 aliphatic carbocycles. The van der Waals surface area contributed by atoms with Gasteiger partial charge in [0.1, 0.15) is 5.60 Å². The van der Waals surface area contributed by atoms with E-state index in [2.05, 4.69) is 29.3 Å². The lowest BCUT2D eigenvalue weighted by Gasteiger charge is -2.43. The number of ether oxygens (including phenoxy) is 1. The fraction of sp³-hybridized carbons (Fsp3) is 0.667. The topological polar surface area (TPSA) is 54.5 Å². The van der Waals surface area contributed by atoms with Crippen LogP contribution >= 0.6 is 0 Å². The number of aromatic nitrogens is 1. The predicted molar refractivity (Wildman–Crippen MR) is 91.3 cm³/mol. The molecule has 1 atom stereocenters. The number of amides is 1. The third-order valence-corrected chi connectivity index (χ3v) is 4.28. The monoisotopic (exact) mass is 319 g/mol. The number of carbonyl (C=O) groups excluding carboxylic acids is 1. The summed E-state index contributed by atoms with van der Waals surface area (Å²) in [6.07, 6.45) is 3.59. The van der Waals surface area contributed by atoms with Crippen molar-refractivity contribution in [2.75, 3.05) is 14.1 Å². The van der Waals surface area contributed by atoms with Gasteiger partial charge in [-0.15, -0.1) is 0 Å². The zero-order valence-electron chi connectivity index (χ0n) is 15.1. The van der Waals surface area contributed by atoms with Crippen molar-refractivity contribution >= 4 is 6.09 Å². The minimum Gasteiger partial charge on any atom is -0.444 e. The normalized spacial score (nSPS) is 22.4. The molecule has 2 rings (SSSR count). The first-order chi connectivity index (χ1) is 10.7. The molecule has 1 fully saturated rings. The van der Waals surface area contributed by atoms with Crippen LogP contribution in [0.1, 0.15) is 50.9 Å². The lowest BCUT2D eigenvalue weighted by atomic mass is 9.74. The molecule has 0 radical (unpaired) electrons. The Kier molecular flexibility index (Phi) is 5.30. The third-order valence-electron chi connectivity index (χ3n) is 4.28. The smallest absolute Gasteiger partial charge is 0.408 e. The molecule has 5 heteroatoms. The van der Waals surface area contributed by atoms with E-state index in [4.69, 9.17) is 4.74 Å². The number of rotatable bonds is 4. The highest BCUT2D eigenvalue weighted by molar-refractivity contribution is 5.68. The van der Waals surface area contributed by atoms with Gasteiger partial charge in [0, 0.05) is 12.2 Å². The Bertz CT molecular complexity index is 528. The molecule has 0 bridgehead atoms. The van der Waals surface area contributed by atoms with E-state index in [0.717, 1.165) is 24.1 Å². The quantitative estimate of drug-likeness (QED) is 0.925. The van der Waals surface area contributed by atoms with Gasteiger partial charge >= 0.3 is 6.09 Å². The van der Waals surface area contributed by atoms with E-state index >= 15 is 0 Å². The number of nitrogens with one attached hydrogen (secondary N) is 1. The van der Waals surface area contributed by atoms with Gasteiger partial charge in [0.05, 0.1) is 11.7 Å². The Balaban J connectivity index is 2.09. The van der Waals surface area contributed by atoms with Gasteiger partial charge in [-0.2, -0.15) is 0 Å². The van der Waals surface area contributed by atoms with Crippen LogP contribution in [0.15, 0.2) is 18.3 Å². The minimum absolute atomic E-state index is 0.0957. The van der Waals surface area contributed by atoms with Crippen molar-refractivity contribution in [3.63, 3.8) is 0 Å². The maximum absolute atomic E-state index is 12.2. The van der Waals surface area contributed by atoms with Crippen LogP contribution in [0.4, 0.5) is 4.79 Å². The molecule has 1 saturated carbocycles. The van der Waals surface area contributed by atoms with Gasteiger partial charge in [0.15, 0.2) is 0 Å². The number of hydrogen-bond donors (Lipinski definition) is 1. The first-order valence-corrected chi connectivity index (χ1v) is 8.24. The maximum atomic E-state index is 12.2. The molecular weight excluding hydrogens is 290 g/mol. The number of aryl methyl sites for hydroxylation is 1. The zero-order chi connectivity index (χ0) is 17.2. The second-order valence-corrected chi connectivity index (χ2v) is 7.73. The highest BCUT2D eigenvalue weighted by Gasteiger charge is 2.38. The van der Waals surface area contributed by atoms with E-state index in [1.54, 1.807) is 0 Å². The second kappa shape index (κ2) is 6.87. The SMILES string of the molecule is Cc1ccc(C(NC(=O)OC(C)(C)C)C2CC(N(C)C)C2)nc1. The van der Waals surface area contributed by atoms with Crippen molar-refractivity contribution in [2.24, 2.45) is 5.92 Å². The largest absolute Gasteiger partial charge is 0.444 e. The van der Waals surface area contributed by atoms with Crippen molar-refractivity contribution in [1.29, 1.82) is 0 Å². The molecule has 128 valence electrons. The van der Waals surface area contributed by atoms with E-state index < -0.39 is 5.60 Å². The predicted octanol–water partition coefficient (Wildman–Crippen LogP) is 3.30. The summed E-state index contributed by atoms with van der Waals surface area (Å²) < 4.78 is 5.42. The molecule has 1 amide bonds. The average molecular weight is 319 g/mol. The van der Waals surface area contributed by atoms with E-state index in [-0.39, 0.29) is 12.1 Å². The highest BCUT2D eigenvalue weighted by atomic mass is 16.6. The molecule has 0 aliphatic heterocycles. The number of alkyl carbamates (subject to hydrolysis) is 1. The van der Waals surface area contributed by atoms with Gasteiger partial charge in [0.25, 0.3) is 0 Å². The van der Waals surface area contributed by atoms with Crippen LogP contribution in [0.3, 0.4) is 0 Å². The summed E-state index contributed by atoms with van der Waals surface area (Å²) in [5, 5.41) is 3.03. The van der Waals surface area contributed by atoms with Crippen LogP contribution < -0.4 is 5.32 Å². The molecule has 5 nitrogen and oxygen atoms in total. The van der Waals surface area contributed by atoms with Crippen molar-refractivity contribution in [3.8, 4) is 0 Å². The van der Waals surface area contributed by atoms with Crippen LogP contribution in [-0.4, -0.2) is 41.7 Å². The van der Waals surface area contributed by atoms with Gasteiger partial charge in [-0.3, -0.25) is 4.98 Å². The summed E-state index contributed by atoms with van der Waals surface area (Å²) in [6.45, 7) is 7.63. The average Bonchev–Trinajstić information content (AvgIpc) is 2.34. The van der Waals surface area contributed by atoms with Crippen molar-refractivity contribution in [2.45, 2.75) is 58.2 Å². The van der Waals surface area contributed by atoms with Crippen LogP contribution in [0.5, 0.6) is 0 Å². The summed E-state index contributed by atoms with van der Waals surface area (Å²) in [7, 11) is 4.20. The first kappa shape index (κ1) is 17.7. The van der Waals surface area contributed by atoms with Crippen LogP contribution in [0.2, 0.25) is 0 Å². The second-order valence-electron chi connectivity index (χ2n) is 7.73. The Labute approximate surface area is 139 Å². The van der Waals surface area contributed by atoms with Gasteiger partial charge in [-0.1, -0.05) is 6.07 Å². The highest BCUT2D eigenvalue weighted by Crippen LogP contribution is 2.39. The van der Waals surface area contributed by atoms with E-state index in [1.165, 1.54) is 0 Å². The third kappa shape index (κ3) is 4.93. The van der Waals surface area contributed by atoms with E-state index in [9.17, 15) is 4.79 Å². The fourth-order valence-corrected chi connectivity index (χ4v) is 2.85. The zero-order valence-corrected chi connectivity index (χ0v) is 15.1. The van der Waals surface area contributed by atoms with Gasteiger partial charge in [-0.05, 0) is 72.2 Å². The molecular formula is C18H29N3O2. The molecule has 0 saturated heterocycles. The Hall–Kier alpha value is -1.62. The molecule has 1 aliphatic rings. The van der Waals surface area contributed by atoms with Crippen molar-refractivity contribution in [3.05, 3.63) is 29.6 Å². The lowest BCUT2D eigenvalue weighted by molar-refractivity contribution is 0.0399. The Morgan fingerprint density at radius 3 is 2.48 bits per heavy atom. The van der Waals surface area contributed by atoms with Crippen LogP contribution in [0.25, 0.3) is 0 Å². The lowest BCUT2D eigenvalue weighted by Crippen LogP contribution is -2.47. The number of hydrogen-bond acceptors (Lipinski definition) is 4. The Morgan fingerprint density at radius 2 is 2.00 bits per heavy atom. The molecule has 1 aromatic heterocycles. The fourth-order valence-electron chi connectivity index (χ4n) is 2.85. The summed E-state index contributed by atoms with van der Waals surface area (Å²) >= 11 is 0. The summed E-state index contributed by atoms with van der Waals surface area (Å²) in [4.78, 5) is 19.0. The molecule has 1 N–H and O–H groups in total. The van der Waals surface area contributed by atoms with Crippen molar-refractivity contribution in [1.82, 2.24) is 15.2 Å². The van der Waals surface area contributed by atoms with E-state index in [0.29, 0.717) is 12.0 Å². The molecule has 1 aromatic rings. The molecule has 0 aromatic carbocycles.